The Kier molecular flexibility index (Phi) is 8.65. The zero-order valence-electron chi connectivity index (χ0n) is 23.9. The number of carbonyl (C=O) groups is 1. The maximum Gasteiger partial charge on any atom is 0.260 e. The molecule has 1 aromatic carbocycles. The lowest BCUT2D eigenvalue weighted by atomic mass is 9.98. The molecule has 11 heteroatoms. The summed E-state index contributed by atoms with van der Waals surface area (Å²) in [7, 11) is 3.24. The van der Waals surface area contributed by atoms with Gasteiger partial charge in [-0.05, 0) is 31.4 Å². The largest absolute Gasteiger partial charge is 0.457 e. The Balaban J connectivity index is 1.49. The van der Waals surface area contributed by atoms with Crippen LogP contribution in [0.3, 0.4) is 0 Å². The molecule has 2 aromatic rings. The van der Waals surface area contributed by atoms with Gasteiger partial charge in [0.1, 0.15) is 23.0 Å². The quantitative estimate of drug-likeness (QED) is 0.489. The number of ether oxygens (including phenoxy) is 1. The first-order chi connectivity index (χ1) is 19.7. The van der Waals surface area contributed by atoms with Crippen LogP contribution in [0.4, 0.5) is 20.3 Å². The highest BCUT2D eigenvalue weighted by molar-refractivity contribution is 6.25. The van der Waals surface area contributed by atoms with Crippen molar-refractivity contribution < 1.29 is 18.3 Å². The topological polar surface area (TPSA) is 94.1 Å². The summed E-state index contributed by atoms with van der Waals surface area (Å²) in [6.07, 6.45) is 6.10. The molecule has 0 bridgehead atoms. The van der Waals surface area contributed by atoms with Gasteiger partial charge in [-0.3, -0.25) is 9.69 Å². The summed E-state index contributed by atoms with van der Waals surface area (Å²) in [5.74, 6) is -1.32. The van der Waals surface area contributed by atoms with E-state index < -0.39 is 11.6 Å². The fourth-order valence-corrected chi connectivity index (χ4v) is 5.24. The molecule has 1 fully saturated rings. The molecule has 1 aromatic heterocycles. The van der Waals surface area contributed by atoms with E-state index in [4.69, 9.17) is 4.74 Å². The Bertz CT molecular complexity index is 1380. The van der Waals surface area contributed by atoms with Gasteiger partial charge in [0.25, 0.3) is 5.91 Å². The molecule has 3 aliphatic rings. The highest BCUT2D eigenvalue weighted by atomic mass is 19.1. The number of pyridine rings is 1. The highest BCUT2D eigenvalue weighted by Gasteiger charge is 2.32. The third kappa shape index (κ3) is 6.41. The van der Waals surface area contributed by atoms with Crippen molar-refractivity contribution in [2.75, 3.05) is 50.9 Å². The fraction of sp³-hybridized carbons (Fsp3) is 0.433. The minimum Gasteiger partial charge on any atom is -0.457 e. The van der Waals surface area contributed by atoms with Crippen LogP contribution in [0.15, 0.2) is 53.0 Å². The van der Waals surface area contributed by atoms with Gasteiger partial charge in [0.2, 0.25) is 0 Å². The predicted molar refractivity (Wildman–Crippen MR) is 156 cm³/mol. The summed E-state index contributed by atoms with van der Waals surface area (Å²) < 4.78 is 36.7. The van der Waals surface area contributed by atoms with E-state index in [0.29, 0.717) is 18.7 Å². The number of likely N-dealkylation sites (N-methyl/N-ethyl adjacent to an activating group) is 1. The Morgan fingerprint density at radius 2 is 2.00 bits per heavy atom. The van der Waals surface area contributed by atoms with Gasteiger partial charge < -0.3 is 25.6 Å². The minimum absolute atomic E-state index is 0.0986. The monoisotopic (exact) mass is 565 g/mol. The number of rotatable bonds is 6. The van der Waals surface area contributed by atoms with Gasteiger partial charge in [0.05, 0.1) is 5.69 Å². The SMILES string of the molecule is CC1Cc2c(F)c(OC3=C(C(=O)N(C)C)C(Nc4ccc(CN5CCNCC5)cn4)=NC=CCC3C)cc(F)c2N1. The molecule has 0 saturated carbocycles. The minimum atomic E-state index is -0.639. The molecule has 3 N–H and O–H groups in total. The Morgan fingerprint density at radius 3 is 2.71 bits per heavy atom. The number of hydrogen-bond acceptors (Lipinski definition) is 8. The van der Waals surface area contributed by atoms with Crippen molar-refractivity contribution in [2.45, 2.75) is 39.3 Å². The first kappa shape index (κ1) is 28.7. The van der Waals surface area contributed by atoms with E-state index in [1.807, 2.05) is 32.1 Å². The summed E-state index contributed by atoms with van der Waals surface area (Å²) in [4.78, 5) is 26.5. The lowest BCUT2D eigenvalue weighted by molar-refractivity contribution is -0.124. The Morgan fingerprint density at radius 1 is 1.22 bits per heavy atom. The molecule has 1 saturated heterocycles. The third-order valence-electron chi connectivity index (χ3n) is 7.44. The number of allylic oxidation sites excluding steroid dienone is 2. The second-order valence-corrected chi connectivity index (χ2v) is 11.0. The summed E-state index contributed by atoms with van der Waals surface area (Å²) in [5, 5.41) is 9.50. The molecule has 0 spiro atoms. The van der Waals surface area contributed by atoms with Crippen LogP contribution in [0.5, 0.6) is 5.75 Å². The molecule has 41 heavy (non-hydrogen) atoms. The van der Waals surface area contributed by atoms with Crippen molar-refractivity contribution in [3.05, 3.63) is 70.8 Å². The van der Waals surface area contributed by atoms with Crippen LogP contribution in [0.1, 0.15) is 31.4 Å². The molecule has 0 radical (unpaired) electrons. The van der Waals surface area contributed by atoms with E-state index in [-0.39, 0.29) is 52.0 Å². The number of amidine groups is 1. The Hall–Kier alpha value is -3.83. The highest BCUT2D eigenvalue weighted by Crippen LogP contribution is 2.38. The summed E-state index contributed by atoms with van der Waals surface area (Å²) in [5.41, 5.74) is 1.60. The van der Waals surface area contributed by atoms with Crippen LogP contribution in [0, 0.1) is 17.6 Å². The van der Waals surface area contributed by atoms with Crippen LogP contribution in [0.25, 0.3) is 0 Å². The standard InChI is InChI=1S/C30H37F2N7O2/c1-18-6-5-9-34-29(37-24-8-7-20(16-35-24)17-39-12-10-33-11-13-39)25(30(40)38(3)4)28(18)41-23-15-22(31)27-21(26(23)32)14-19(2)36-27/h5,7-9,15-16,18-19,33,36H,6,10-14,17H2,1-4H3,(H,34,35,37). The zero-order chi connectivity index (χ0) is 29.1. The van der Waals surface area contributed by atoms with Crippen molar-refractivity contribution in [2.24, 2.45) is 10.9 Å². The first-order valence-corrected chi connectivity index (χ1v) is 14.0. The maximum absolute atomic E-state index is 15.6. The molecule has 9 nitrogen and oxygen atoms in total. The number of nitrogens with one attached hydrogen (secondary N) is 3. The van der Waals surface area contributed by atoms with E-state index in [1.54, 1.807) is 26.5 Å². The van der Waals surface area contributed by atoms with Crippen LogP contribution >= 0.6 is 0 Å². The van der Waals surface area contributed by atoms with Gasteiger partial charge in [-0.15, -0.1) is 0 Å². The van der Waals surface area contributed by atoms with E-state index in [0.717, 1.165) is 44.4 Å². The number of hydrogen-bond donors (Lipinski definition) is 3. The number of nitrogens with zero attached hydrogens (tertiary/aromatic N) is 4. The lowest BCUT2D eigenvalue weighted by Gasteiger charge is -2.27. The van der Waals surface area contributed by atoms with Gasteiger partial charge >= 0.3 is 0 Å². The molecule has 1 amide bonds. The molecule has 0 aliphatic carbocycles. The summed E-state index contributed by atoms with van der Waals surface area (Å²) in [6, 6.07) is 4.77. The fourth-order valence-electron chi connectivity index (χ4n) is 5.24. The lowest BCUT2D eigenvalue weighted by Crippen LogP contribution is -2.42. The summed E-state index contributed by atoms with van der Waals surface area (Å²) >= 11 is 0. The van der Waals surface area contributed by atoms with Crippen molar-refractivity contribution >= 4 is 23.2 Å². The second-order valence-electron chi connectivity index (χ2n) is 11.0. The smallest absolute Gasteiger partial charge is 0.260 e. The molecule has 2 atom stereocenters. The van der Waals surface area contributed by atoms with Gasteiger partial charge in [0.15, 0.2) is 17.4 Å². The third-order valence-corrected chi connectivity index (χ3v) is 7.44. The van der Waals surface area contributed by atoms with Crippen molar-refractivity contribution in [3.8, 4) is 5.75 Å². The number of aromatic nitrogens is 1. The predicted octanol–water partition coefficient (Wildman–Crippen LogP) is 3.91. The number of halogens is 2. The molecule has 5 rings (SSSR count). The number of fused-ring (bicyclic) bond motifs is 1. The van der Waals surface area contributed by atoms with E-state index in [1.165, 1.54) is 4.90 Å². The Labute approximate surface area is 239 Å². The number of benzene rings is 1. The van der Waals surface area contributed by atoms with Gasteiger partial charge in [-0.2, -0.15) is 0 Å². The van der Waals surface area contributed by atoms with Gasteiger partial charge in [-0.1, -0.05) is 19.1 Å². The molecule has 4 heterocycles. The normalized spacial score (nSPS) is 21.0. The zero-order valence-corrected chi connectivity index (χ0v) is 23.9. The maximum atomic E-state index is 15.6. The van der Waals surface area contributed by atoms with Crippen molar-refractivity contribution in [1.82, 2.24) is 20.1 Å². The number of aliphatic imine (C=N–C) groups is 1. The van der Waals surface area contributed by atoms with Gasteiger partial charge in [0, 0.05) is 82.8 Å². The molecule has 218 valence electrons. The van der Waals surface area contributed by atoms with Crippen molar-refractivity contribution in [1.29, 1.82) is 0 Å². The van der Waals surface area contributed by atoms with Crippen LogP contribution < -0.4 is 20.7 Å². The number of amides is 1. The molecular formula is C30H37F2N7O2. The summed E-state index contributed by atoms with van der Waals surface area (Å²) in [6.45, 7) is 8.44. The first-order valence-electron chi connectivity index (χ1n) is 14.0. The number of anilines is 2. The number of carbonyl (C=O) groups excluding carboxylic acids is 1. The molecule has 2 unspecified atom stereocenters. The van der Waals surface area contributed by atoms with E-state index in [9.17, 15) is 9.18 Å². The van der Waals surface area contributed by atoms with E-state index >= 15 is 4.39 Å². The van der Waals surface area contributed by atoms with Crippen LogP contribution in [-0.2, 0) is 17.8 Å². The number of piperazine rings is 1. The van der Waals surface area contributed by atoms with Gasteiger partial charge in [-0.25, -0.2) is 18.8 Å². The average molecular weight is 566 g/mol. The van der Waals surface area contributed by atoms with E-state index in [2.05, 4.69) is 30.8 Å². The second kappa shape index (κ2) is 12.4. The van der Waals surface area contributed by atoms with Crippen molar-refractivity contribution in [3.63, 3.8) is 0 Å². The molecule has 3 aliphatic heterocycles. The van der Waals surface area contributed by atoms with Crippen LogP contribution in [0.2, 0.25) is 0 Å². The molecular weight excluding hydrogens is 528 g/mol. The average Bonchev–Trinajstić information content (AvgIpc) is 3.36. The van der Waals surface area contributed by atoms with Crippen LogP contribution in [-0.4, -0.2) is 72.8 Å².